The summed E-state index contributed by atoms with van der Waals surface area (Å²) in [5.41, 5.74) is 4.15. The molecule has 2 aromatic rings. The average Bonchev–Trinajstić information content (AvgIpc) is 2.92. The van der Waals surface area contributed by atoms with Crippen LogP contribution in [0.5, 0.6) is 5.75 Å². The maximum absolute atomic E-state index is 9.10. The zero-order valence-corrected chi connectivity index (χ0v) is 12.1. The minimum Gasteiger partial charge on any atom is -0.493 e. The van der Waals surface area contributed by atoms with E-state index in [1.807, 2.05) is 29.9 Å². The zero-order chi connectivity index (χ0) is 14.7. The predicted octanol–water partition coefficient (Wildman–Crippen LogP) is 2.56. The quantitative estimate of drug-likeness (QED) is 0.693. The van der Waals surface area contributed by atoms with Gasteiger partial charge in [-0.15, -0.1) is 0 Å². The maximum atomic E-state index is 9.10. The first-order chi connectivity index (χ1) is 10.3. The van der Waals surface area contributed by atoms with Crippen molar-refractivity contribution in [3.8, 4) is 5.75 Å². The molecular weight excluding hydrogens is 266 g/mol. The SMILES string of the molecule is Cn1nccc1CCOc1ccc2c(c1)/C(=N\O)CCC2. The Balaban J connectivity index is 1.68. The van der Waals surface area contributed by atoms with E-state index in [4.69, 9.17) is 9.94 Å². The molecule has 1 aromatic heterocycles. The Morgan fingerprint density at radius 3 is 3.00 bits per heavy atom. The van der Waals surface area contributed by atoms with Gasteiger partial charge in [0, 0.05) is 30.9 Å². The molecule has 1 heterocycles. The topological polar surface area (TPSA) is 59.6 Å². The largest absolute Gasteiger partial charge is 0.493 e. The minimum absolute atomic E-state index is 0.601. The van der Waals surface area contributed by atoms with E-state index in [2.05, 4.69) is 16.3 Å². The van der Waals surface area contributed by atoms with Gasteiger partial charge in [-0.2, -0.15) is 5.10 Å². The van der Waals surface area contributed by atoms with Crippen LogP contribution in [0.15, 0.2) is 35.6 Å². The molecule has 0 amide bonds. The molecule has 0 saturated carbocycles. The van der Waals surface area contributed by atoms with Gasteiger partial charge in [-0.05, 0) is 43.0 Å². The molecule has 110 valence electrons. The molecular formula is C16H19N3O2. The van der Waals surface area contributed by atoms with Crippen LogP contribution in [0.3, 0.4) is 0 Å². The maximum Gasteiger partial charge on any atom is 0.119 e. The van der Waals surface area contributed by atoms with Gasteiger partial charge in [0.2, 0.25) is 0 Å². The molecule has 0 saturated heterocycles. The van der Waals surface area contributed by atoms with Crippen LogP contribution in [0.25, 0.3) is 0 Å². The Morgan fingerprint density at radius 1 is 1.33 bits per heavy atom. The van der Waals surface area contributed by atoms with E-state index in [1.54, 1.807) is 6.20 Å². The van der Waals surface area contributed by atoms with E-state index in [1.165, 1.54) is 5.56 Å². The van der Waals surface area contributed by atoms with E-state index in [9.17, 15) is 0 Å². The van der Waals surface area contributed by atoms with Gasteiger partial charge in [0.15, 0.2) is 0 Å². The third kappa shape index (κ3) is 2.91. The van der Waals surface area contributed by atoms with Crippen LogP contribution < -0.4 is 4.74 Å². The van der Waals surface area contributed by atoms with E-state index >= 15 is 0 Å². The fourth-order valence-electron chi connectivity index (χ4n) is 2.74. The van der Waals surface area contributed by atoms with Gasteiger partial charge < -0.3 is 9.94 Å². The van der Waals surface area contributed by atoms with Gasteiger partial charge in [-0.25, -0.2) is 0 Å². The highest BCUT2D eigenvalue weighted by Crippen LogP contribution is 2.26. The second kappa shape index (κ2) is 5.99. The first-order valence-electron chi connectivity index (χ1n) is 7.22. The Bertz CT molecular complexity index is 661. The number of aromatic nitrogens is 2. The normalized spacial score (nSPS) is 16.0. The van der Waals surface area contributed by atoms with Crippen LogP contribution >= 0.6 is 0 Å². The number of nitrogens with zero attached hydrogens (tertiary/aromatic N) is 3. The van der Waals surface area contributed by atoms with Crippen molar-refractivity contribution in [2.75, 3.05) is 6.61 Å². The molecule has 21 heavy (non-hydrogen) atoms. The second-order valence-corrected chi connectivity index (χ2v) is 5.26. The summed E-state index contributed by atoms with van der Waals surface area (Å²) in [6.45, 7) is 0.601. The lowest BCUT2D eigenvalue weighted by molar-refractivity contribution is 0.315. The van der Waals surface area contributed by atoms with Gasteiger partial charge in [-0.3, -0.25) is 4.68 Å². The number of benzene rings is 1. The molecule has 0 radical (unpaired) electrons. The summed E-state index contributed by atoms with van der Waals surface area (Å²) in [6.07, 6.45) is 5.49. The van der Waals surface area contributed by atoms with Gasteiger partial charge in [0.25, 0.3) is 0 Å². The van der Waals surface area contributed by atoms with Gasteiger partial charge in [-0.1, -0.05) is 11.2 Å². The number of aryl methyl sites for hydroxylation is 2. The monoisotopic (exact) mass is 285 g/mol. The molecule has 5 nitrogen and oxygen atoms in total. The molecule has 0 spiro atoms. The number of hydrogen-bond donors (Lipinski definition) is 1. The van der Waals surface area contributed by atoms with Gasteiger partial charge in [0.1, 0.15) is 5.75 Å². The summed E-state index contributed by atoms with van der Waals surface area (Å²) in [6, 6.07) is 8.03. The van der Waals surface area contributed by atoms with E-state index < -0.39 is 0 Å². The third-order valence-corrected chi connectivity index (χ3v) is 3.92. The molecule has 0 aliphatic heterocycles. The first-order valence-corrected chi connectivity index (χ1v) is 7.22. The van der Waals surface area contributed by atoms with Crippen LogP contribution in [0.1, 0.15) is 29.7 Å². The Kier molecular flexibility index (Phi) is 3.90. The number of fused-ring (bicyclic) bond motifs is 1. The van der Waals surface area contributed by atoms with Crippen LogP contribution in [-0.2, 0) is 19.9 Å². The third-order valence-electron chi connectivity index (χ3n) is 3.92. The molecule has 0 atom stereocenters. The smallest absolute Gasteiger partial charge is 0.119 e. The van der Waals surface area contributed by atoms with Crippen molar-refractivity contribution in [1.29, 1.82) is 0 Å². The summed E-state index contributed by atoms with van der Waals surface area (Å²) in [5, 5.41) is 16.6. The molecule has 1 aromatic carbocycles. The standard InChI is InChI=1S/C16H19N3O2/c1-19-13(7-9-17-19)8-10-21-14-6-5-12-3-2-4-16(18-20)15(12)11-14/h5-7,9,11,20H,2-4,8,10H2,1H3/b18-16-. The van der Waals surface area contributed by atoms with Crippen LogP contribution in [0.4, 0.5) is 0 Å². The van der Waals surface area contributed by atoms with Crippen molar-refractivity contribution in [1.82, 2.24) is 9.78 Å². The van der Waals surface area contributed by atoms with Gasteiger partial charge in [0.05, 0.1) is 12.3 Å². The lowest BCUT2D eigenvalue weighted by Crippen LogP contribution is -2.12. The Morgan fingerprint density at radius 2 is 2.24 bits per heavy atom. The number of ether oxygens (including phenoxy) is 1. The number of rotatable bonds is 4. The first kappa shape index (κ1) is 13.7. The average molecular weight is 285 g/mol. The minimum atomic E-state index is 0.601. The van der Waals surface area contributed by atoms with Crippen molar-refractivity contribution in [3.63, 3.8) is 0 Å². The number of hydrogen-bond acceptors (Lipinski definition) is 4. The summed E-state index contributed by atoms with van der Waals surface area (Å²) < 4.78 is 7.67. The fourth-order valence-corrected chi connectivity index (χ4v) is 2.74. The summed E-state index contributed by atoms with van der Waals surface area (Å²) in [5.74, 6) is 0.818. The van der Waals surface area contributed by atoms with E-state index in [0.717, 1.165) is 48.4 Å². The van der Waals surface area contributed by atoms with Crippen LogP contribution in [0.2, 0.25) is 0 Å². The van der Waals surface area contributed by atoms with Crippen molar-refractivity contribution in [2.24, 2.45) is 12.2 Å². The molecule has 1 N–H and O–H groups in total. The van der Waals surface area contributed by atoms with Crippen molar-refractivity contribution in [3.05, 3.63) is 47.3 Å². The fraction of sp³-hybridized carbons (Fsp3) is 0.375. The Labute approximate surface area is 123 Å². The summed E-state index contributed by atoms with van der Waals surface area (Å²) in [7, 11) is 1.93. The summed E-state index contributed by atoms with van der Waals surface area (Å²) >= 11 is 0. The van der Waals surface area contributed by atoms with Gasteiger partial charge >= 0.3 is 0 Å². The van der Waals surface area contributed by atoms with Crippen molar-refractivity contribution in [2.45, 2.75) is 25.7 Å². The van der Waals surface area contributed by atoms with Crippen LogP contribution in [-0.4, -0.2) is 27.3 Å². The second-order valence-electron chi connectivity index (χ2n) is 5.26. The lowest BCUT2D eigenvalue weighted by Gasteiger charge is -2.18. The number of oxime groups is 1. The Hall–Kier alpha value is -2.30. The molecule has 0 bridgehead atoms. The molecule has 0 unspecified atom stereocenters. The zero-order valence-electron chi connectivity index (χ0n) is 12.1. The molecule has 3 rings (SSSR count). The van der Waals surface area contributed by atoms with Crippen molar-refractivity contribution >= 4 is 5.71 Å². The highest BCUT2D eigenvalue weighted by atomic mass is 16.5. The summed E-state index contributed by atoms with van der Waals surface area (Å²) in [4.78, 5) is 0. The molecule has 1 aliphatic rings. The van der Waals surface area contributed by atoms with Crippen LogP contribution in [0, 0.1) is 0 Å². The van der Waals surface area contributed by atoms with Crippen molar-refractivity contribution < 1.29 is 9.94 Å². The molecule has 0 fully saturated rings. The molecule has 5 heteroatoms. The lowest BCUT2D eigenvalue weighted by atomic mass is 9.90. The van der Waals surface area contributed by atoms with E-state index in [0.29, 0.717) is 6.61 Å². The predicted molar refractivity (Wildman–Crippen MR) is 80.1 cm³/mol. The highest BCUT2D eigenvalue weighted by Gasteiger charge is 2.16. The molecule has 1 aliphatic carbocycles. The highest BCUT2D eigenvalue weighted by molar-refractivity contribution is 6.02. The van der Waals surface area contributed by atoms with E-state index in [-0.39, 0.29) is 0 Å².